The molecule has 3 aromatic rings. The molecule has 1 aliphatic rings. The number of rotatable bonds is 8. The number of aromatic nitrogens is 3. The normalized spacial score (nSPS) is 13.5. The van der Waals surface area contributed by atoms with E-state index in [1.807, 2.05) is 54.6 Å². The van der Waals surface area contributed by atoms with Gasteiger partial charge in [0.15, 0.2) is 5.82 Å². The van der Waals surface area contributed by atoms with Crippen LogP contribution in [0.2, 0.25) is 0 Å². The summed E-state index contributed by atoms with van der Waals surface area (Å²) >= 11 is 1.24. The van der Waals surface area contributed by atoms with Crippen molar-refractivity contribution in [2.24, 2.45) is 5.10 Å². The topological polar surface area (TPSA) is 98.6 Å². The van der Waals surface area contributed by atoms with Crippen molar-refractivity contribution in [1.82, 2.24) is 19.9 Å². The molecule has 1 aliphatic heterocycles. The summed E-state index contributed by atoms with van der Waals surface area (Å²) < 4.78 is 7.14. The number of nitrogens with zero attached hydrogens (tertiary/aromatic N) is 5. The maximum Gasteiger partial charge on any atom is 0.253 e. The molecule has 9 heteroatoms. The van der Waals surface area contributed by atoms with Gasteiger partial charge in [-0.2, -0.15) is 5.10 Å². The SMILES string of the molecule is CC(C)c1ccc(OCc2nnc(SCC(=O)N3CCC(c4ccccc4)=N3)n2N)cc1. The van der Waals surface area contributed by atoms with Gasteiger partial charge >= 0.3 is 0 Å². The van der Waals surface area contributed by atoms with Crippen LogP contribution in [-0.4, -0.2) is 43.8 Å². The van der Waals surface area contributed by atoms with Crippen molar-refractivity contribution in [3.05, 3.63) is 71.5 Å². The van der Waals surface area contributed by atoms with Gasteiger partial charge in [0.2, 0.25) is 5.16 Å². The Morgan fingerprint density at radius 2 is 1.88 bits per heavy atom. The first-order valence-electron chi connectivity index (χ1n) is 10.5. The van der Waals surface area contributed by atoms with Crippen LogP contribution in [-0.2, 0) is 11.4 Å². The van der Waals surface area contributed by atoms with Crippen LogP contribution in [0.15, 0.2) is 64.9 Å². The molecule has 0 aliphatic carbocycles. The van der Waals surface area contributed by atoms with Crippen LogP contribution in [0, 0.1) is 0 Å². The van der Waals surface area contributed by atoms with Crippen molar-refractivity contribution < 1.29 is 9.53 Å². The minimum atomic E-state index is -0.0908. The van der Waals surface area contributed by atoms with Crippen molar-refractivity contribution in [3.8, 4) is 5.75 Å². The van der Waals surface area contributed by atoms with Gasteiger partial charge in [-0.15, -0.1) is 10.2 Å². The van der Waals surface area contributed by atoms with Crippen LogP contribution >= 0.6 is 11.8 Å². The molecule has 0 saturated heterocycles. The van der Waals surface area contributed by atoms with Gasteiger partial charge in [-0.05, 0) is 29.2 Å². The molecule has 1 amide bonds. The van der Waals surface area contributed by atoms with E-state index in [1.54, 1.807) is 0 Å². The minimum Gasteiger partial charge on any atom is -0.486 e. The van der Waals surface area contributed by atoms with E-state index in [-0.39, 0.29) is 18.3 Å². The molecular weight excluding hydrogens is 424 g/mol. The Hall–Kier alpha value is -3.33. The number of hydrazone groups is 1. The molecule has 2 heterocycles. The first kappa shape index (κ1) is 21.9. The Balaban J connectivity index is 1.30. The van der Waals surface area contributed by atoms with E-state index in [0.29, 0.717) is 23.4 Å². The molecule has 8 nitrogen and oxygen atoms in total. The second-order valence-electron chi connectivity index (χ2n) is 7.75. The number of amides is 1. The Morgan fingerprint density at radius 3 is 2.59 bits per heavy atom. The molecule has 0 atom stereocenters. The Labute approximate surface area is 191 Å². The highest BCUT2D eigenvalue weighted by atomic mass is 32.2. The molecule has 4 rings (SSSR count). The third kappa shape index (κ3) is 5.11. The number of nitrogens with two attached hydrogens (primary N) is 1. The highest BCUT2D eigenvalue weighted by molar-refractivity contribution is 7.99. The molecule has 32 heavy (non-hydrogen) atoms. The number of thioether (sulfide) groups is 1. The summed E-state index contributed by atoms with van der Waals surface area (Å²) in [6.07, 6.45) is 0.743. The second kappa shape index (κ2) is 9.86. The van der Waals surface area contributed by atoms with Gasteiger partial charge < -0.3 is 10.6 Å². The van der Waals surface area contributed by atoms with Gasteiger partial charge in [0, 0.05) is 6.42 Å². The summed E-state index contributed by atoms with van der Waals surface area (Å²) in [5, 5.41) is 14.6. The van der Waals surface area contributed by atoms with Crippen LogP contribution in [0.25, 0.3) is 0 Å². The molecule has 0 radical (unpaired) electrons. The molecule has 0 fully saturated rings. The van der Waals surface area contributed by atoms with Crippen molar-refractivity contribution in [1.29, 1.82) is 0 Å². The Morgan fingerprint density at radius 1 is 1.12 bits per heavy atom. The first-order chi connectivity index (χ1) is 15.5. The lowest BCUT2D eigenvalue weighted by Gasteiger charge is -2.11. The maximum atomic E-state index is 12.6. The minimum absolute atomic E-state index is 0.0908. The molecular formula is C23H26N6O2S. The Bertz CT molecular complexity index is 1100. The predicted molar refractivity (Wildman–Crippen MR) is 125 cm³/mol. The average Bonchev–Trinajstić information content (AvgIpc) is 3.44. The van der Waals surface area contributed by atoms with E-state index in [4.69, 9.17) is 10.6 Å². The van der Waals surface area contributed by atoms with Crippen LogP contribution < -0.4 is 10.6 Å². The summed E-state index contributed by atoms with van der Waals surface area (Å²) in [6.45, 7) is 5.06. The van der Waals surface area contributed by atoms with Crippen molar-refractivity contribution in [2.75, 3.05) is 18.1 Å². The van der Waals surface area contributed by atoms with Gasteiger partial charge in [0.05, 0.1) is 18.0 Å². The fourth-order valence-electron chi connectivity index (χ4n) is 3.27. The Kier molecular flexibility index (Phi) is 6.75. The molecule has 0 unspecified atom stereocenters. The van der Waals surface area contributed by atoms with E-state index < -0.39 is 0 Å². The fourth-order valence-corrected chi connectivity index (χ4v) is 4.02. The second-order valence-corrected chi connectivity index (χ2v) is 8.69. The van der Waals surface area contributed by atoms with Gasteiger partial charge in [0.1, 0.15) is 12.4 Å². The van der Waals surface area contributed by atoms with Crippen LogP contribution in [0.5, 0.6) is 5.75 Å². The van der Waals surface area contributed by atoms with Crippen molar-refractivity contribution in [3.63, 3.8) is 0 Å². The smallest absolute Gasteiger partial charge is 0.253 e. The summed E-state index contributed by atoms with van der Waals surface area (Å²) in [4.78, 5) is 12.6. The van der Waals surface area contributed by atoms with Gasteiger partial charge in [-0.1, -0.05) is 68.1 Å². The van der Waals surface area contributed by atoms with Crippen LogP contribution in [0.1, 0.15) is 43.1 Å². The first-order valence-corrected chi connectivity index (χ1v) is 11.5. The number of ether oxygens (including phenoxy) is 1. The third-order valence-electron chi connectivity index (χ3n) is 5.17. The highest BCUT2D eigenvalue weighted by Crippen LogP contribution is 2.21. The molecule has 2 aromatic carbocycles. The van der Waals surface area contributed by atoms with Crippen LogP contribution in [0.4, 0.5) is 0 Å². The lowest BCUT2D eigenvalue weighted by molar-refractivity contribution is -0.127. The van der Waals surface area contributed by atoms with Crippen molar-refractivity contribution >= 4 is 23.4 Å². The zero-order chi connectivity index (χ0) is 22.5. The lowest BCUT2D eigenvalue weighted by atomic mass is 10.0. The monoisotopic (exact) mass is 450 g/mol. The fraction of sp³-hybridized carbons (Fsp3) is 0.304. The van der Waals surface area contributed by atoms with E-state index in [9.17, 15) is 4.79 Å². The predicted octanol–water partition coefficient (Wildman–Crippen LogP) is 3.42. The molecule has 2 N–H and O–H groups in total. The van der Waals surface area contributed by atoms with E-state index in [2.05, 4.69) is 29.1 Å². The highest BCUT2D eigenvalue weighted by Gasteiger charge is 2.22. The maximum absolute atomic E-state index is 12.6. The zero-order valence-electron chi connectivity index (χ0n) is 18.1. The van der Waals surface area contributed by atoms with E-state index in [0.717, 1.165) is 23.4 Å². The zero-order valence-corrected chi connectivity index (χ0v) is 19.0. The summed E-state index contributed by atoms with van der Waals surface area (Å²) in [6, 6.07) is 17.9. The van der Waals surface area contributed by atoms with Crippen molar-refractivity contribution in [2.45, 2.75) is 37.9 Å². The lowest BCUT2D eigenvalue weighted by Crippen LogP contribution is -2.25. The van der Waals surface area contributed by atoms with E-state index in [1.165, 1.54) is 27.0 Å². The summed E-state index contributed by atoms with van der Waals surface area (Å²) in [7, 11) is 0. The van der Waals surface area contributed by atoms with Gasteiger partial charge in [-0.25, -0.2) is 9.69 Å². The number of carbonyl (C=O) groups excluding carboxylic acids is 1. The third-order valence-corrected chi connectivity index (χ3v) is 6.10. The summed E-state index contributed by atoms with van der Waals surface area (Å²) in [5.41, 5.74) is 3.22. The van der Waals surface area contributed by atoms with E-state index >= 15 is 0 Å². The molecule has 1 aromatic heterocycles. The average molecular weight is 451 g/mol. The standard InChI is InChI=1S/C23H26N6O2S/c1-16(2)17-8-10-19(11-9-17)31-14-21-25-26-23(29(21)24)32-15-22(30)28-13-12-20(27-28)18-6-4-3-5-7-18/h3-11,16H,12-15,24H2,1-2H3. The largest absolute Gasteiger partial charge is 0.486 e. The van der Waals surface area contributed by atoms with Crippen LogP contribution in [0.3, 0.4) is 0 Å². The molecule has 0 bridgehead atoms. The number of benzene rings is 2. The molecule has 0 spiro atoms. The molecule has 166 valence electrons. The number of hydrogen-bond acceptors (Lipinski definition) is 7. The number of carbonyl (C=O) groups is 1. The number of nitrogen functional groups attached to an aromatic ring is 1. The quantitative estimate of drug-likeness (QED) is 0.417. The number of hydrogen-bond donors (Lipinski definition) is 1. The molecule has 0 saturated carbocycles. The summed E-state index contributed by atoms with van der Waals surface area (Å²) in [5.74, 6) is 7.89. The van der Waals surface area contributed by atoms with Gasteiger partial charge in [-0.3, -0.25) is 4.79 Å². The van der Waals surface area contributed by atoms with Gasteiger partial charge in [0.25, 0.3) is 5.91 Å².